The highest BCUT2D eigenvalue weighted by Gasteiger charge is 2.11. The number of benzene rings is 1. The summed E-state index contributed by atoms with van der Waals surface area (Å²) >= 11 is 13.5. The lowest BCUT2D eigenvalue weighted by atomic mass is 10.2. The number of thiazole rings is 1. The van der Waals surface area contributed by atoms with E-state index >= 15 is 0 Å². The van der Waals surface area contributed by atoms with Crippen molar-refractivity contribution in [3.63, 3.8) is 0 Å². The zero-order valence-corrected chi connectivity index (χ0v) is 14.5. The van der Waals surface area contributed by atoms with Gasteiger partial charge in [-0.15, -0.1) is 11.3 Å². The van der Waals surface area contributed by atoms with Crippen molar-refractivity contribution in [1.29, 1.82) is 0 Å². The molecule has 0 saturated heterocycles. The van der Waals surface area contributed by atoms with Crippen LogP contribution in [0.3, 0.4) is 0 Å². The first-order valence-corrected chi connectivity index (χ1v) is 8.61. The number of rotatable bonds is 7. The van der Waals surface area contributed by atoms with Gasteiger partial charge >= 0.3 is 0 Å². The molecular formula is C15H17Cl2N3OS. The molecule has 2 rings (SSSR count). The van der Waals surface area contributed by atoms with E-state index in [9.17, 15) is 4.79 Å². The minimum atomic E-state index is -0.0306. The molecule has 0 aliphatic carbocycles. The van der Waals surface area contributed by atoms with Gasteiger partial charge in [0.05, 0.1) is 17.1 Å². The van der Waals surface area contributed by atoms with Gasteiger partial charge in [-0.25, -0.2) is 4.98 Å². The number of carbonyl (C=O) groups is 1. The molecule has 4 nitrogen and oxygen atoms in total. The normalized spacial score (nSPS) is 10.7. The molecule has 1 aromatic carbocycles. The van der Waals surface area contributed by atoms with E-state index in [2.05, 4.69) is 15.6 Å². The van der Waals surface area contributed by atoms with Crippen molar-refractivity contribution < 1.29 is 4.79 Å². The van der Waals surface area contributed by atoms with Gasteiger partial charge in [0.15, 0.2) is 0 Å². The number of halogens is 2. The lowest BCUT2D eigenvalue weighted by Crippen LogP contribution is -2.32. The Kier molecular flexibility index (Phi) is 6.64. The molecule has 118 valence electrons. The van der Waals surface area contributed by atoms with Gasteiger partial charge in [0.2, 0.25) is 5.91 Å². The highest BCUT2D eigenvalue weighted by atomic mass is 35.5. The van der Waals surface area contributed by atoms with E-state index in [4.69, 9.17) is 23.2 Å². The second-order valence-corrected chi connectivity index (χ2v) is 6.35. The van der Waals surface area contributed by atoms with Gasteiger partial charge in [-0.1, -0.05) is 30.1 Å². The largest absolute Gasteiger partial charge is 0.354 e. The summed E-state index contributed by atoms with van der Waals surface area (Å²) in [5.74, 6) is -0.0306. The maximum absolute atomic E-state index is 11.8. The molecular weight excluding hydrogens is 341 g/mol. The molecule has 0 spiro atoms. The van der Waals surface area contributed by atoms with Crippen LogP contribution in [0.25, 0.3) is 10.6 Å². The second kappa shape index (κ2) is 8.48. The van der Waals surface area contributed by atoms with Crippen molar-refractivity contribution in [3.8, 4) is 10.6 Å². The maximum Gasteiger partial charge on any atom is 0.226 e. The van der Waals surface area contributed by atoms with Gasteiger partial charge in [0.1, 0.15) is 5.01 Å². The summed E-state index contributed by atoms with van der Waals surface area (Å²) in [6.07, 6.45) is 0.272. The molecule has 0 unspecified atom stereocenters. The third-order valence-electron chi connectivity index (χ3n) is 2.93. The third kappa shape index (κ3) is 4.95. The van der Waals surface area contributed by atoms with Gasteiger partial charge < -0.3 is 10.6 Å². The van der Waals surface area contributed by atoms with Gasteiger partial charge in [-0.05, 0) is 24.7 Å². The predicted octanol–water partition coefficient (Wildman–Crippen LogP) is 3.39. The van der Waals surface area contributed by atoms with E-state index < -0.39 is 0 Å². The molecule has 1 heterocycles. The van der Waals surface area contributed by atoms with Crippen LogP contribution >= 0.6 is 34.5 Å². The Morgan fingerprint density at radius 3 is 2.86 bits per heavy atom. The molecule has 1 aromatic heterocycles. The lowest BCUT2D eigenvalue weighted by molar-refractivity contribution is -0.120. The number of nitrogens with one attached hydrogen (secondary N) is 2. The number of hydrogen-bond acceptors (Lipinski definition) is 4. The van der Waals surface area contributed by atoms with Gasteiger partial charge in [0.25, 0.3) is 0 Å². The van der Waals surface area contributed by atoms with Crippen LogP contribution < -0.4 is 10.6 Å². The fraction of sp³-hybridized carbons (Fsp3) is 0.333. The van der Waals surface area contributed by atoms with E-state index in [0.717, 1.165) is 29.4 Å². The molecule has 0 radical (unpaired) electrons. The summed E-state index contributed by atoms with van der Waals surface area (Å²) in [5, 5.41) is 9.82. The maximum atomic E-state index is 11.8. The van der Waals surface area contributed by atoms with E-state index in [1.54, 1.807) is 12.1 Å². The number of carbonyl (C=O) groups excluding carboxylic acids is 1. The molecule has 7 heteroatoms. The summed E-state index contributed by atoms with van der Waals surface area (Å²) in [5.41, 5.74) is 1.57. The molecule has 1 amide bonds. The summed E-state index contributed by atoms with van der Waals surface area (Å²) in [7, 11) is 0. The Morgan fingerprint density at radius 2 is 2.14 bits per heavy atom. The van der Waals surface area contributed by atoms with Crippen LogP contribution in [0.5, 0.6) is 0 Å². The zero-order chi connectivity index (χ0) is 15.9. The molecule has 0 atom stereocenters. The summed E-state index contributed by atoms with van der Waals surface area (Å²) in [6.45, 7) is 4.31. The molecule has 0 aliphatic rings. The van der Waals surface area contributed by atoms with Crippen molar-refractivity contribution in [1.82, 2.24) is 15.6 Å². The Bertz CT molecular complexity index is 645. The minimum absolute atomic E-state index is 0.0306. The van der Waals surface area contributed by atoms with Crippen LogP contribution in [0.4, 0.5) is 0 Å². The highest BCUT2D eigenvalue weighted by molar-refractivity contribution is 7.13. The zero-order valence-electron chi connectivity index (χ0n) is 12.2. The summed E-state index contributed by atoms with van der Waals surface area (Å²) in [6, 6.07) is 5.30. The lowest BCUT2D eigenvalue weighted by Gasteiger charge is -2.04. The van der Waals surface area contributed by atoms with Gasteiger partial charge in [0, 0.05) is 29.1 Å². The number of likely N-dealkylation sites (N-methyl/N-ethyl adjacent to an activating group) is 1. The molecule has 0 saturated carbocycles. The third-order valence-corrected chi connectivity index (χ3v) is 4.40. The van der Waals surface area contributed by atoms with Crippen LogP contribution in [0, 0.1) is 0 Å². The monoisotopic (exact) mass is 357 g/mol. The average Bonchev–Trinajstić information content (AvgIpc) is 2.92. The van der Waals surface area contributed by atoms with Crippen LogP contribution in [0.2, 0.25) is 10.0 Å². The van der Waals surface area contributed by atoms with Crippen molar-refractivity contribution in [3.05, 3.63) is 39.3 Å². The molecule has 2 aromatic rings. The van der Waals surface area contributed by atoms with Gasteiger partial charge in [-0.2, -0.15) is 0 Å². The standard InChI is InChI=1S/C15H17Cl2N3OS/c1-2-18-5-6-19-14(21)8-11-9-22-15(20-11)12-4-3-10(16)7-13(12)17/h3-4,7,9,18H,2,5-6,8H2,1H3,(H,19,21). The van der Waals surface area contributed by atoms with Crippen LogP contribution in [-0.4, -0.2) is 30.5 Å². The van der Waals surface area contributed by atoms with E-state index in [1.165, 1.54) is 11.3 Å². The van der Waals surface area contributed by atoms with E-state index in [0.29, 0.717) is 16.6 Å². The number of nitrogens with zero attached hydrogens (tertiary/aromatic N) is 1. The van der Waals surface area contributed by atoms with Crippen molar-refractivity contribution in [2.24, 2.45) is 0 Å². The van der Waals surface area contributed by atoms with Gasteiger partial charge in [-0.3, -0.25) is 4.79 Å². The summed E-state index contributed by atoms with van der Waals surface area (Å²) < 4.78 is 0. The summed E-state index contributed by atoms with van der Waals surface area (Å²) in [4.78, 5) is 16.3. The highest BCUT2D eigenvalue weighted by Crippen LogP contribution is 2.32. The number of hydrogen-bond donors (Lipinski definition) is 2. The van der Waals surface area contributed by atoms with E-state index in [-0.39, 0.29) is 12.3 Å². The second-order valence-electron chi connectivity index (χ2n) is 4.65. The Balaban J connectivity index is 1.95. The fourth-order valence-electron chi connectivity index (χ4n) is 1.87. The first-order valence-electron chi connectivity index (χ1n) is 6.97. The smallest absolute Gasteiger partial charge is 0.226 e. The molecule has 2 N–H and O–H groups in total. The van der Waals surface area contributed by atoms with E-state index in [1.807, 2.05) is 18.4 Å². The quantitative estimate of drug-likeness (QED) is 0.746. The predicted molar refractivity (Wildman–Crippen MR) is 92.8 cm³/mol. The average molecular weight is 358 g/mol. The van der Waals surface area contributed by atoms with Crippen molar-refractivity contribution in [2.75, 3.05) is 19.6 Å². The molecule has 22 heavy (non-hydrogen) atoms. The molecule has 0 fully saturated rings. The number of aromatic nitrogens is 1. The van der Waals surface area contributed by atoms with Crippen LogP contribution in [-0.2, 0) is 11.2 Å². The minimum Gasteiger partial charge on any atom is -0.354 e. The Morgan fingerprint density at radius 1 is 1.32 bits per heavy atom. The molecule has 0 bridgehead atoms. The topological polar surface area (TPSA) is 54.0 Å². The fourth-order valence-corrected chi connectivity index (χ4v) is 3.28. The molecule has 0 aliphatic heterocycles. The van der Waals surface area contributed by atoms with Crippen molar-refractivity contribution >= 4 is 40.4 Å². The Hall–Kier alpha value is -1.14. The first-order chi connectivity index (χ1) is 10.6. The van der Waals surface area contributed by atoms with Crippen LogP contribution in [0.15, 0.2) is 23.6 Å². The first kappa shape index (κ1) is 17.2. The van der Waals surface area contributed by atoms with Crippen LogP contribution in [0.1, 0.15) is 12.6 Å². The SMILES string of the molecule is CCNCCNC(=O)Cc1csc(-c2ccc(Cl)cc2Cl)n1. The van der Waals surface area contributed by atoms with Crippen molar-refractivity contribution in [2.45, 2.75) is 13.3 Å². The Labute approximate surface area is 143 Å². The number of amides is 1.